The van der Waals surface area contributed by atoms with E-state index in [-0.39, 0.29) is 17.2 Å². The molecule has 8 heteroatoms. The number of nitrogens with zero attached hydrogens (tertiary/aromatic N) is 4. The molecule has 0 aliphatic carbocycles. The van der Waals surface area contributed by atoms with Crippen LogP contribution in [-0.4, -0.2) is 34.9 Å². The predicted octanol–water partition coefficient (Wildman–Crippen LogP) is 2.40. The molecule has 1 heterocycles. The first-order valence-electron chi connectivity index (χ1n) is 6.55. The molecule has 0 saturated carbocycles. The molecular weight excluding hydrogens is 288 g/mol. The van der Waals surface area contributed by atoms with E-state index in [4.69, 9.17) is 4.74 Å². The average molecular weight is 305 g/mol. The summed E-state index contributed by atoms with van der Waals surface area (Å²) in [7, 11) is 4.61. The van der Waals surface area contributed by atoms with Crippen LogP contribution < -0.4 is 9.22 Å². The maximum absolute atomic E-state index is 12.5. The van der Waals surface area contributed by atoms with Gasteiger partial charge in [-0.25, -0.2) is 4.68 Å². The van der Waals surface area contributed by atoms with Crippen molar-refractivity contribution < 1.29 is 14.5 Å². The third kappa shape index (κ3) is 2.68. The molecule has 0 unspecified atom stereocenters. The second-order valence-corrected chi connectivity index (χ2v) is 5.27. The van der Waals surface area contributed by atoms with E-state index in [9.17, 15) is 14.9 Å². The molecule has 1 amide bonds. The van der Waals surface area contributed by atoms with Gasteiger partial charge in [-0.15, -0.1) is 0 Å². The number of hydrogen-bond donors (Lipinski definition) is 0. The number of quaternary nitrogens is 1. The highest BCUT2D eigenvalue weighted by atomic mass is 16.6. The van der Waals surface area contributed by atoms with Crippen LogP contribution in [-0.2, 0) is 7.05 Å². The molecule has 2 aromatic rings. The van der Waals surface area contributed by atoms with Gasteiger partial charge in [0.2, 0.25) is 0 Å². The molecule has 0 N–H and O–H groups in total. The summed E-state index contributed by atoms with van der Waals surface area (Å²) < 4.78 is 6.18. The Labute approximate surface area is 127 Å². The number of aryl methyl sites for hydroxylation is 2. The van der Waals surface area contributed by atoms with Crippen LogP contribution in [0.3, 0.4) is 0 Å². The fraction of sp³-hybridized carbons (Fsp3) is 0.286. The number of carbonyl (C=O) groups excluding carboxylic acids is 1. The van der Waals surface area contributed by atoms with Gasteiger partial charge < -0.3 is 4.74 Å². The van der Waals surface area contributed by atoms with Crippen molar-refractivity contribution in [1.82, 2.24) is 14.3 Å². The third-order valence-electron chi connectivity index (χ3n) is 3.28. The van der Waals surface area contributed by atoms with E-state index in [1.165, 1.54) is 25.7 Å². The van der Waals surface area contributed by atoms with Gasteiger partial charge in [0, 0.05) is 7.05 Å². The number of carbonyl (C=O) groups is 1. The Morgan fingerprint density at radius 1 is 1.32 bits per heavy atom. The Morgan fingerprint density at radius 2 is 1.91 bits per heavy atom. The standard InChI is InChI=1S/C14H17N4O4/c1-10-12(17(20)21)13(16(2)15-10)18(3,4)14(19)22-11-8-6-5-7-9-11/h5-9H,1-4H3/q+1. The smallest absolute Gasteiger partial charge is 0.380 e. The summed E-state index contributed by atoms with van der Waals surface area (Å²) in [6, 6.07) is 8.55. The molecule has 0 fully saturated rings. The van der Waals surface area contributed by atoms with Crippen LogP contribution in [0, 0.1) is 17.0 Å². The molecule has 0 atom stereocenters. The molecule has 0 aliphatic rings. The topological polar surface area (TPSA) is 87.3 Å². The Morgan fingerprint density at radius 3 is 2.45 bits per heavy atom. The highest BCUT2D eigenvalue weighted by Crippen LogP contribution is 2.34. The first-order chi connectivity index (χ1) is 10.2. The van der Waals surface area contributed by atoms with E-state index >= 15 is 0 Å². The van der Waals surface area contributed by atoms with E-state index in [0.29, 0.717) is 5.75 Å². The molecule has 1 aromatic heterocycles. The summed E-state index contributed by atoms with van der Waals surface area (Å²) in [5.74, 6) is 0.531. The van der Waals surface area contributed by atoms with E-state index in [1.807, 2.05) is 0 Å². The Kier molecular flexibility index (Phi) is 3.96. The number of benzene rings is 1. The highest BCUT2D eigenvalue weighted by Gasteiger charge is 2.44. The second kappa shape index (κ2) is 5.57. The maximum atomic E-state index is 12.5. The molecule has 0 bridgehead atoms. The van der Waals surface area contributed by atoms with Crippen LogP contribution in [0.5, 0.6) is 5.75 Å². The van der Waals surface area contributed by atoms with E-state index in [0.717, 1.165) is 0 Å². The van der Waals surface area contributed by atoms with E-state index in [2.05, 4.69) is 5.10 Å². The van der Waals surface area contributed by atoms with Crippen molar-refractivity contribution in [3.63, 3.8) is 0 Å². The first-order valence-corrected chi connectivity index (χ1v) is 6.55. The lowest BCUT2D eigenvalue weighted by molar-refractivity contribution is -0.385. The molecular formula is C14H17N4O4+. The van der Waals surface area contributed by atoms with Crippen LogP contribution in [0.4, 0.5) is 16.3 Å². The van der Waals surface area contributed by atoms with Crippen molar-refractivity contribution in [2.45, 2.75) is 6.92 Å². The molecule has 1 aromatic carbocycles. The summed E-state index contributed by atoms with van der Waals surface area (Å²) >= 11 is 0. The second-order valence-electron chi connectivity index (χ2n) is 5.27. The summed E-state index contributed by atoms with van der Waals surface area (Å²) in [5, 5.41) is 15.3. The minimum absolute atomic E-state index is 0.156. The van der Waals surface area contributed by atoms with Crippen molar-refractivity contribution in [3.8, 4) is 5.75 Å². The minimum atomic E-state index is -0.641. The van der Waals surface area contributed by atoms with Crippen molar-refractivity contribution >= 4 is 17.6 Å². The molecule has 8 nitrogen and oxygen atoms in total. The maximum Gasteiger partial charge on any atom is 0.527 e. The van der Waals surface area contributed by atoms with Crippen LogP contribution in [0.2, 0.25) is 0 Å². The number of ether oxygens (including phenoxy) is 1. The molecule has 2 rings (SSSR count). The largest absolute Gasteiger partial charge is 0.527 e. The zero-order chi connectivity index (χ0) is 16.5. The van der Waals surface area contributed by atoms with Crippen molar-refractivity contribution in [2.75, 3.05) is 14.1 Å². The summed E-state index contributed by atoms with van der Waals surface area (Å²) in [5.41, 5.74) is 0.0683. The molecule has 0 saturated heterocycles. The van der Waals surface area contributed by atoms with Gasteiger partial charge in [-0.1, -0.05) is 18.2 Å². The van der Waals surface area contributed by atoms with Gasteiger partial charge in [-0.05, 0) is 19.1 Å². The first kappa shape index (κ1) is 15.6. The third-order valence-corrected chi connectivity index (χ3v) is 3.28. The lowest BCUT2D eigenvalue weighted by atomic mass is 10.3. The monoisotopic (exact) mass is 305 g/mol. The Balaban J connectivity index is 2.42. The van der Waals surface area contributed by atoms with Crippen LogP contribution >= 0.6 is 0 Å². The van der Waals surface area contributed by atoms with Crippen LogP contribution in [0.15, 0.2) is 30.3 Å². The zero-order valence-corrected chi connectivity index (χ0v) is 12.8. The predicted molar refractivity (Wildman–Crippen MR) is 80.7 cm³/mol. The van der Waals surface area contributed by atoms with Gasteiger partial charge >= 0.3 is 17.6 Å². The number of hydrogen-bond acceptors (Lipinski definition) is 5. The Bertz CT molecular complexity index is 722. The number of rotatable bonds is 3. The van der Waals surface area contributed by atoms with Crippen LogP contribution in [0.1, 0.15) is 5.69 Å². The quantitative estimate of drug-likeness (QED) is 0.493. The highest BCUT2D eigenvalue weighted by molar-refractivity contribution is 5.85. The molecule has 0 spiro atoms. The van der Waals surface area contributed by atoms with Gasteiger partial charge in [-0.2, -0.15) is 14.4 Å². The van der Waals surface area contributed by atoms with Gasteiger partial charge in [0.05, 0.1) is 19.0 Å². The number of nitro groups is 1. The van der Waals surface area contributed by atoms with E-state index in [1.54, 1.807) is 37.4 Å². The summed E-state index contributed by atoms with van der Waals surface area (Å²) in [6.45, 7) is 1.53. The SMILES string of the molecule is Cc1nn(C)c([N+](C)(C)C(=O)Oc2ccccc2)c1[N+](=O)[O-]. The molecule has 0 aliphatic heterocycles. The normalized spacial score (nSPS) is 11.3. The molecule has 116 valence electrons. The van der Waals surface area contributed by atoms with Gasteiger partial charge in [0.25, 0.3) is 0 Å². The van der Waals surface area contributed by atoms with Crippen molar-refractivity contribution in [2.24, 2.45) is 7.05 Å². The number of para-hydroxylation sites is 1. The van der Waals surface area contributed by atoms with Crippen molar-refractivity contribution in [3.05, 3.63) is 46.1 Å². The number of amides is 1. The van der Waals surface area contributed by atoms with E-state index < -0.39 is 15.5 Å². The lowest BCUT2D eigenvalue weighted by Crippen LogP contribution is -2.49. The molecule has 0 radical (unpaired) electrons. The average Bonchev–Trinajstić information content (AvgIpc) is 2.75. The molecule has 22 heavy (non-hydrogen) atoms. The van der Waals surface area contributed by atoms with Gasteiger partial charge in [0.15, 0.2) is 0 Å². The Hall–Kier alpha value is -2.74. The summed E-state index contributed by atoms with van der Waals surface area (Å²) in [6.07, 6.45) is -0.641. The van der Waals surface area contributed by atoms with Gasteiger partial charge in [0.1, 0.15) is 11.4 Å². The van der Waals surface area contributed by atoms with Crippen molar-refractivity contribution in [1.29, 1.82) is 0 Å². The number of aromatic nitrogens is 2. The fourth-order valence-corrected chi connectivity index (χ4v) is 2.27. The summed E-state index contributed by atoms with van der Waals surface area (Å²) in [4.78, 5) is 23.2. The lowest BCUT2D eigenvalue weighted by Gasteiger charge is -2.23. The van der Waals surface area contributed by atoms with Gasteiger partial charge in [-0.3, -0.25) is 10.1 Å². The fourth-order valence-electron chi connectivity index (χ4n) is 2.27. The zero-order valence-electron chi connectivity index (χ0n) is 12.8. The van der Waals surface area contributed by atoms with Crippen LogP contribution in [0.25, 0.3) is 0 Å². The minimum Gasteiger partial charge on any atom is -0.380 e.